The van der Waals surface area contributed by atoms with Gasteiger partial charge in [0.25, 0.3) is 0 Å². The normalized spacial score (nSPS) is 20.2. The van der Waals surface area contributed by atoms with Gasteiger partial charge in [0.2, 0.25) is 0 Å². The summed E-state index contributed by atoms with van der Waals surface area (Å²) in [4.78, 5) is 13.8. The number of halogens is 4. The van der Waals surface area contributed by atoms with Crippen molar-refractivity contribution in [2.24, 2.45) is 0 Å². The number of rotatable bonds is 4. The number of hydrogen-bond donors (Lipinski definition) is 0. The fourth-order valence-corrected chi connectivity index (χ4v) is 4.94. The van der Waals surface area contributed by atoms with Crippen LogP contribution in [0.5, 0.6) is 0 Å². The van der Waals surface area contributed by atoms with Gasteiger partial charge in [0.05, 0.1) is 23.0 Å². The van der Waals surface area contributed by atoms with Crippen molar-refractivity contribution in [1.82, 2.24) is 14.7 Å². The summed E-state index contributed by atoms with van der Waals surface area (Å²) in [6, 6.07) is 10.6. The van der Waals surface area contributed by atoms with E-state index in [0.717, 1.165) is 48.2 Å². The van der Waals surface area contributed by atoms with Crippen LogP contribution in [-0.2, 0) is 27.9 Å². The van der Waals surface area contributed by atoms with Crippen molar-refractivity contribution < 1.29 is 22.7 Å². The molecule has 5 nitrogen and oxygen atoms in total. The van der Waals surface area contributed by atoms with Crippen molar-refractivity contribution in [3.63, 3.8) is 0 Å². The molecule has 0 N–H and O–H groups in total. The van der Waals surface area contributed by atoms with E-state index in [1.165, 1.54) is 10.7 Å². The summed E-state index contributed by atoms with van der Waals surface area (Å²) in [6.07, 6.45) is 0.713. The number of fused-ring (bicyclic) bond motifs is 2. The molecule has 9 heteroatoms. The van der Waals surface area contributed by atoms with Crippen molar-refractivity contribution in [1.29, 1.82) is 0 Å². The standard InChI is InChI=1S/C24H21ClF3N3O2/c25-18-4-5-20-21(11-18)23(33-22(20)15-32)6-8-30(9-7-23)13-16-12-29-31(14-16)19-3-1-2-17(10-19)24(26,27)28/h1-5,10-12,14-15,22H,6-9,13H2. The number of benzene rings is 2. The van der Waals surface area contributed by atoms with E-state index in [1.54, 1.807) is 24.5 Å². The van der Waals surface area contributed by atoms with Crippen LogP contribution in [0.15, 0.2) is 54.9 Å². The van der Waals surface area contributed by atoms with Gasteiger partial charge in [-0.2, -0.15) is 18.3 Å². The van der Waals surface area contributed by atoms with Crippen LogP contribution in [0.1, 0.15) is 41.2 Å². The maximum Gasteiger partial charge on any atom is 0.416 e. The molecule has 5 rings (SSSR count). The highest BCUT2D eigenvalue weighted by Gasteiger charge is 2.46. The van der Waals surface area contributed by atoms with Crippen LogP contribution in [0.4, 0.5) is 13.2 Å². The lowest BCUT2D eigenvalue weighted by Gasteiger charge is -2.39. The lowest BCUT2D eigenvalue weighted by Crippen LogP contribution is -2.42. The summed E-state index contributed by atoms with van der Waals surface area (Å²) in [6.45, 7) is 2.10. The molecule has 1 aromatic heterocycles. The minimum atomic E-state index is -4.40. The molecule has 0 bridgehead atoms. The Balaban J connectivity index is 1.28. The number of aldehydes is 1. The predicted molar refractivity (Wildman–Crippen MR) is 116 cm³/mol. The predicted octanol–water partition coefficient (Wildman–Crippen LogP) is 5.31. The zero-order valence-corrected chi connectivity index (χ0v) is 18.3. The molecule has 0 radical (unpaired) electrons. The molecule has 1 unspecified atom stereocenters. The summed E-state index contributed by atoms with van der Waals surface area (Å²) in [5.41, 5.74) is 1.91. The van der Waals surface area contributed by atoms with Crippen molar-refractivity contribution in [2.75, 3.05) is 13.1 Å². The molecule has 1 atom stereocenters. The number of carbonyl (C=O) groups excluding carboxylic acids is 1. The van der Waals surface area contributed by atoms with Crippen LogP contribution < -0.4 is 0 Å². The summed E-state index contributed by atoms with van der Waals surface area (Å²) in [7, 11) is 0. The number of hydrogen-bond acceptors (Lipinski definition) is 4. The van der Waals surface area contributed by atoms with Crippen LogP contribution in [0.25, 0.3) is 5.69 Å². The second-order valence-electron chi connectivity index (χ2n) is 8.52. The van der Waals surface area contributed by atoms with Gasteiger partial charge in [-0.05, 0) is 54.3 Å². The Hall–Kier alpha value is -2.68. The quantitative estimate of drug-likeness (QED) is 0.480. The monoisotopic (exact) mass is 475 g/mol. The summed E-state index contributed by atoms with van der Waals surface area (Å²) >= 11 is 6.21. The molecule has 0 saturated carbocycles. The second kappa shape index (κ2) is 8.27. The smallest absolute Gasteiger partial charge is 0.355 e. The molecule has 1 fully saturated rings. The fraction of sp³-hybridized carbons (Fsp3) is 0.333. The van der Waals surface area contributed by atoms with Gasteiger partial charge in [0.15, 0.2) is 6.29 Å². The summed E-state index contributed by atoms with van der Waals surface area (Å²) in [5.74, 6) is 0. The van der Waals surface area contributed by atoms with Gasteiger partial charge in [-0.25, -0.2) is 4.68 Å². The number of likely N-dealkylation sites (tertiary alicyclic amines) is 1. The topological polar surface area (TPSA) is 47.4 Å². The number of piperidine rings is 1. The number of nitrogens with zero attached hydrogens (tertiary/aromatic N) is 3. The van der Waals surface area contributed by atoms with Gasteiger partial charge >= 0.3 is 6.18 Å². The van der Waals surface area contributed by atoms with E-state index in [0.29, 0.717) is 30.1 Å². The van der Waals surface area contributed by atoms with Gasteiger partial charge in [-0.1, -0.05) is 23.7 Å². The third kappa shape index (κ3) is 4.18. The third-order valence-electron chi connectivity index (χ3n) is 6.43. The lowest BCUT2D eigenvalue weighted by atomic mass is 9.83. The fourth-order valence-electron chi connectivity index (χ4n) is 4.77. The van der Waals surface area contributed by atoms with E-state index >= 15 is 0 Å². The minimum absolute atomic E-state index is 0.362. The Bertz CT molecular complexity index is 1190. The molecule has 3 heterocycles. The molecule has 1 spiro atoms. The molecule has 172 valence electrons. The molecule has 33 heavy (non-hydrogen) atoms. The van der Waals surface area contributed by atoms with E-state index in [2.05, 4.69) is 10.00 Å². The van der Waals surface area contributed by atoms with Crippen LogP contribution >= 0.6 is 11.6 Å². The molecule has 2 aromatic carbocycles. The highest BCUT2D eigenvalue weighted by atomic mass is 35.5. The van der Waals surface area contributed by atoms with Gasteiger partial charge < -0.3 is 9.53 Å². The Kier molecular flexibility index (Phi) is 5.55. The SMILES string of the molecule is O=CC1OC2(CCN(Cc3cnn(-c4cccc(C(F)(F)F)c4)c3)CC2)c2cc(Cl)ccc21. The number of ether oxygens (including phenoxy) is 1. The van der Waals surface area contributed by atoms with Crippen molar-refractivity contribution >= 4 is 17.9 Å². The van der Waals surface area contributed by atoms with Gasteiger partial charge in [-0.3, -0.25) is 4.90 Å². The number of carbonyl (C=O) groups is 1. The van der Waals surface area contributed by atoms with Gasteiger partial charge in [0, 0.05) is 36.4 Å². The maximum atomic E-state index is 13.0. The van der Waals surface area contributed by atoms with E-state index in [4.69, 9.17) is 16.3 Å². The number of aromatic nitrogens is 2. The summed E-state index contributed by atoms with van der Waals surface area (Å²) in [5, 5.41) is 4.87. The van der Waals surface area contributed by atoms with Crippen molar-refractivity contribution in [3.05, 3.63) is 82.1 Å². The molecule has 1 saturated heterocycles. The molecule has 0 amide bonds. The van der Waals surface area contributed by atoms with Gasteiger partial charge in [-0.15, -0.1) is 0 Å². The van der Waals surface area contributed by atoms with E-state index in [-0.39, 0.29) is 0 Å². The Labute approximate surface area is 193 Å². The molecule has 3 aromatic rings. The van der Waals surface area contributed by atoms with E-state index in [9.17, 15) is 18.0 Å². The first kappa shape index (κ1) is 22.1. The van der Waals surface area contributed by atoms with Crippen LogP contribution in [0.2, 0.25) is 5.02 Å². The zero-order valence-electron chi connectivity index (χ0n) is 17.6. The second-order valence-corrected chi connectivity index (χ2v) is 8.95. The lowest BCUT2D eigenvalue weighted by molar-refractivity contribution is -0.138. The third-order valence-corrected chi connectivity index (χ3v) is 6.67. The average Bonchev–Trinajstić information content (AvgIpc) is 3.38. The minimum Gasteiger partial charge on any atom is -0.355 e. The van der Waals surface area contributed by atoms with E-state index < -0.39 is 23.4 Å². The van der Waals surface area contributed by atoms with Crippen LogP contribution in [0, 0.1) is 0 Å². The molecule has 2 aliphatic rings. The van der Waals surface area contributed by atoms with Gasteiger partial charge in [0.1, 0.15) is 6.10 Å². The molecule has 2 aliphatic heterocycles. The highest BCUT2D eigenvalue weighted by molar-refractivity contribution is 6.30. The molecule has 0 aliphatic carbocycles. The highest BCUT2D eigenvalue weighted by Crippen LogP contribution is 2.49. The first-order valence-electron chi connectivity index (χ1n) is 10.6. The zero-order chi connectivity index (χ0) is 23.2. The Morgan fingerprint density at radius 2 is 1.97 bits per heavy atom. The van der Waals surface area contributed by atoms with Crippen LogP contribution in [0.3, 0.4) is 0 Å². The molecular weight excluding hydrogens is 455 g/mol. The Morgan fingerprint density at radius 1 is 1.18 bits per heavy atom. The Morgan fingerprint density at radius 3 is 2.70 bits per heavy atom. The summed E-state index contributed by atoms with van der Waals surface area (Å²) < 4.78 is 46.7. The first-order chi connectivity index (χ1) is 15.8. The van der Waals surface area contributed by atoms with Crippen LogP contribution in [-0.4, -0.2) is 34.1 Å². The maximum absolute atomic E-state index is 13.0. The average molecular weight is 476 g/mol. The molecular formula is C24H21ClF3N3O2. The van der Waals surface area contributed by atoms with E-state index in [1.807, 2.05) is 12.1 Å². The van der Waals surface area contributed by atoms with Crippen molar-refractivity contribution in [3.8, 4) is 5.69 Å². The largest absolute Gasteiger partial charge is 0.416 e. The number of alkyl halides is 3. The first-order valence-corrected chi connectivity index (χ1v) is 11.0. The van der Waals surface area contributed by atoms with Crippen molar-refractivity contribution in [2.45, 2.75) is 37.3 Å².